The largest absolute Gasteiger partial charge is 0.309 e. The van der Waals surface area contributed by atoms with Gasteiger partial charge in [0.05, 0.1) is 11.0 Å². The molecular formula is C43H39N. The van der Waals surface area contributed by atoms with Gasteiger partial charge in [0.1, 0.15) is 0 Å². The van der Waals surface area contributed by atoms with E-state index in [0.717, 1.165) is 0 Å². The lowest BCUT2D eigenvalue weighted by Crippen LogP contribution is -2.14. The van der Waals surface area contributed by atoms with Crippen molar-refractivity contribution in [1.29, 1.82) is 0 Å². The van der Waals surface area contributed by atoms with E-state index in [1.807, 2.05) is 0 Å². The minimum absolute atomic E-state index is 0.0283. The Morgan fingerprint density at radius 2 is 1.09 bits per heavy atom. The van der Waals surface area contributed by atoms with Gasteiger partial charge in [0.2, 0.25) is 0 Å². The summed E-state index contributed by atoms with van der Waals surface area (Å²) in [7, 11) is 0. The normalized spacial score (nSPS) is 13.0. The maximum Gasteiger partial charge on any atom is 0.0576 e. The highest BCUT2D eigenvalue weighted by Crippen LogP contribution is 2.51. The average Bonchev–Trinajstić information content (AvgIpc) is 3.48. The maximum absolute atomic E-state index is 2.49. The van der Waals surface area contributed by atoms with Crippen molar-refractivity contribution in [1.82, 2.24) is 4.57 Å². The molecule has 0 radical (unpaired) electrons. The maximum atomic E-state index is 2.49. The predicted octanol–water partition coefficient (Wildman–Crippen LogP) is 11.7. The second kappa shape index (κ2) is 10.7. The number of hydrogen-bond donors (Lipinski definition) is 0. The van der Waals surface area contributed by atoms with Crippen LogP contribution in [0.4, 0.5) is 0 Å². The Bertz CT molecular complexity index is 2140. The number of aryl methyl sites for hydroxylation is 4. The first-order valence-electron chi connectivity index (χ1n) is 15.6. The molecule has 0 spiro atoms. The molecule has 0 saturated carbocycles. The number of benzene rings is 6. The van der Waals surface area contributed by atoms with Gasteiger partial charge in [-0.25, -0.2) is 0 Å². The molecule has 1 aliphatic carbocycles. The van der Waals surface area contributed by atoms with E-state index in [4.69, 9.17) is 0 Å². The first kappa shape index (κ1) is 27.9. The second-order valence-electron chi connectivity index (χ2n) is 12.9. The molecular weight excluding hydrogens is 530 g/mol. The SMILES string of the molecule is Cc1ccc(C)cc1.Cc1ccccc1-c1ccc2c3cc4c(cc3n(-c3ccccc3)c2c1C)C(C)(C)c1ccccc1-4. The fraction of sp³-hybridized carbons (Fsp3) is 0.163. The highest BCUT2D eigenvalue weighted by Gasteiger charge is 2.36. The zero-order valence-electron chi connectivity index (χ0n) is 26.6. The van der Waals surface area contributed by atoms with Crippen LogP contribution in [0.2, 0.25) is 0 Å². The first-order chi connectivity index (χ1) is 21.3. The van der Waals surface area contributed by atoms with E-state index in [9.17, 15) is 0 Å². The zero-order chi connectivity index (χ0) is 30.6. The Balaban J connectivity index is 0.000000342. The molecule has 1 heteroatoms. The van der Waals surface area contributed by atoms with Crippen LogP contribution in [-0.4, -0.2) is 4.57 Å². The molecule has 0 aliphatic heterocycles. The topological polar surface area (TPSA) is 4.93 Å². The predicted molar refractivity (Wildman–Crippen MR) is 189 cm³/mol. The van der Waals surface area contributed by atoms with Gasteiger partial charge in [-0.05, 0) is 96.5 Å². The monoisotopic (exact) mass is 569 g/mol. The third kappa shape index (κ3) is 4.47. The molecule has 1 nitrogen and oxygen atoms in total. The van der Waals surface area contributed by atoms with Gasteiger partial charge in [0.15, 0.2) is 0 Å². The average molecular weight is 570 g/mol. The summed E-state index contributed by atoms with van der Waals surface area (Å²) in [6.45, 7) is 13.4. The van der Waals surface area contributed by atoms with E-state index in [0.29, 0.717) is 0 Å². The fourth-order valence-electron chi connectivity index (χ4n) is 7.11. The molecule has 0 unspecified atom stereocenters. The van der Waals surface area contributed by atoms with Crippen molar-refractivity contribution >= 4 is 21.8 Å². The van der Waals surface area contributed by atoms with Crippen LogP contribution in [0.5, 0.6) is 0 Å². The summed E-state index contributed by atoms with van der Waals surface area (Å²) in [6, 6.07) is 46.5. The molecule has 0 N–H and O–H groups in total. The van der Waals surface area contributed by atoms with Gasteiger partial charge < -0.3 is 4.57 Å². The highest BCUT2D eigenvalue weighted by molar-refractivity contribution is 6.13. The minimum Gasteiger partial charge on any atom is -0.309 e. The van der Waals surface area contributed by atoms with Gasteiger partial charge in [-0.1, -0.05) is 128 Å². The summed E-state index contributed by atoms with van der Waals surface area (Å²) in [6.07, 6.45) is 0. The first-order valence-corrected chi connectivity index (χ1v) is 15.6. The van der Waals surface area contributed by atoms with Crippen LogP contribution in [0.3, 0.4) is 0 Å². The van der Waals surface area contributed by atoms with Crippen molar-refractivity contribution in [3.05, 3.63) is 161 Å². The Labute approximate surface area is 261 Å². The Kier molecular flexibility index (Phi) is 6.78. The van der Waals surface area contributed by atoms with Crippen molar-refractivity contribution in [2.45, 2.75) is 47.0 Å². The van der Waals surface area contributed by atoms with Gasteiger partial charge in [-0.2, -0.15) is 0 Å². The highest BCUT2D eigenvalue weighted by atomic mass is 15.0. The number of rotatable bonds is 2. The van der Waals surface area contributed by atoms with Gasteiger partial charge >= 0.3 is 0 Å². The van der Waals surface area contributed by atoms with Crippen molar-refractivity contribution in [3.8, 4) is 27.9 Å². The molecule has 1 aromatic heterocycles. The van der Waals surface area contributed by atoms with E-state index < -0.39 is 0 Å². The van der Waals surface area contributed by atoms with E-state index in [2.05, 4.69) is 174 Å². The molecule has 216 valence electrons. The molecule has 0 fully saturated rings. The lowest BCUT2D eigenvalue weighted by atomic mass is 9.82. The van der Waals surface area contributed by atoms with Crippen LogP contribution < -0.4 is 0 Å². The standard InChI is InChI=1S/C35H29N.C8H10/c1-22-12-8-9-15-25(22)26-18-19-28-30-20-29-27-16-10-11-17-31(27)35(3,4)32(29)21-33(30)36(34(28)23(26)2)24-13-6-5-7-14-24;1-7-3-5-8(2)6-4-7/h5-21H,1-4H3;3-6H,1-2H3. The van der Waals surface area contributed by atoms with Crippen LogP contribution in [0, 0.1) is 27.7 Å². The Hall–Kier alpha value is -4.88. The van der Waals surface area contributed by atoms with Gasteiger partial charge in [0.25, 0.3) is 0 Å². The van der Waals surface area contributed by atoms with E-state index >= 15 is 0 Å². The lowest BCUT2D eigenvalue weighted by molar-refractivity contribution is 0.661. The van der Waals surface area contributed by atoms with E-state index in [1.165, 1.54) is 83.1 Å². The molecule has 0 bridgehead atoms. The third-order valence-electron chi connectivity index (χ3n) is 9.55. The quantitative estimate of drug-likeness (QED) is 0.195. The van der Waals surface area contributed by atoms with Crippen molar-refractivity contribution in [2.24, 2.45) is 0 Å². The Morgan fingerprint density at radius 3 is 1.77 bits per heavy atom. The lowest BCUT2D eigenvalue weighted by Gasteiger charge is -2.21. The molecule has 44 heavy (non-hydrogen) atoms. The van der Waals surface area contributed by atoms with Crippen LogP contribution >= 0.6 is 0 Å². The van der Waals surface area contributed by atoms with Crippen molar-refractivity contribution in [3.63, 3.8) is 0 Å². The van der Waals surface area contributed by atoms with Crippen molar-refractivity contribution in [2.75, 3.05) is 0 Å². The van der Waals surface area contributed by atoms with Gasteiger partial charge in [-0.15, -0.1) is 0 Å². The van der Waals surface area contributed by atoms with E-state index in [-0.39, 0.29) is 5.41 Å². The third-order valence-corrected chi connectivity index (χ3v) is 9.55. The summed E-state index contributed by atoms with van der Waals surface area (Å²) in [5.41, 5.74) is 17.2. The van der Waals surface area contributed by atoms with Crippen LogP contribution in [-0.2, 0) is 5.41 Å². The smallest absolute Gasteiger partial charge is 0.0576 e. The number of fused-ring (bicyclic) bond motifs is 6. The Morgan fingerprint density at radius 1 is 0.477 bits per heavy atom. The summed E-state index contributed by atoms with van der Waals surface area (Å²) in [5, 5.41) is 2.63. The zero-order valence-corrected chi connectivity index (χ0v) is 26.6. The molecule has 1 aliphatic rings. The molecule has 0 saturated heterocycles. The summed E-state index contributed by atoms with van der Waals surface area (Å²) < 4.78 is 2.49. The van der Waals surface area contributed by atoms with E-state index in [1.54, 1.807) is 0 Å². The number of para-hydroxylation sites is 1. The molecule has 1 heterocycles. The summed E-state index contributed by atoms with van der Waals surface area (Å²) in [4.78, 5) is 0. The number of aromatic nitrogens is 1. The van der Waals surface area contributed by atoms with Crippen LogP contribution in [0.15, 0.2) is 127 Å². The molecule has 0 amide bonds. The number of hydrogen-bond acceptors (Lipinski definition) is 0. The molecule has 0 atom stereocenters. The van der Waals surface area contributed by atoms with Gasteiger partial charge in [-0.3, -0.25) is 0 Å². The summed E-state index contributed by atoms with van der Waals surface area (Å²) >= 11 is 0. The summed E-state index contributed by atoms with van der Waals surface area (Å²) in [5.74, 6) is 0. The van der Waals surface area contributed by atoms with Crippen molar-refractivity contribution < 1.29 is 0 Å². The molecule has 7 aromatic rings. The fourth-order valence-corrected chi connectivity index (χ4v) is 7.11. The van der Waals surface area contributed by atoms with Crippen LogP contribution in [0.1, 0.15) is 47.2 Å². The minimum atomic E-state index is -0.0283. The molecule has 8 rings (SSSR count). The van der Waals surface area contributed by atoms with Gasteiger partial charge in [0, 0.05) is 21.9 Å². The molecule has 6 aromatic carbocycles. The second-order valence-corrected chi connectivity index (χ2v) is 12.9. The van der Waals surface area contributed by atoms with Crippen LogP contribution in [0.25, 0.3) is 49.7 Å². The number of nitrogens with zero attached hydrogens (tertiary/aromatic N) is 1.